The Kier molecular flexibility index (Phi) is 3.34. The Morgan fingerprint density at radius 2 is 1.80 bits per heavy atom. The molecule has 0 aromatic carbocycles. The van der Waals surface area contributed by atoms with E-state index in [2.05, 4.69) is 25.3 Å². The molecule has 0 bridgehead atoms. The van der Waals surface area contributed by atoms with Crippen LogP contribution in [-0.2, 0) is 14.4 Å². The Balaban J connectivity index is 3.05. The van der Waals surface area contributed by atoms with Crippen molar-refractivity contribution in [2.75, 3.05) is 0 Å². The van der Waals surface area contributed by atoms with Crippen molar-refractivity contribution in [2.24, 2.45) is 0 Å². The van der Waals surface area contributed by atoms with Crippen molar-refractivity contribution in [1.29, 1.82) is 0 Å². The zero-order chi connectivity index (χ0) is 11.8. The maximum absolute atomic E-state index is 11.4. The summed E-state index contributed by atoms with van der Waals surface area (Å²) in [5, 5.41) is 8.96. The van der Waals surface area contributed by atoms with Gasteiger partial charge in [0.1, 0.15) is 0 Å². The Morgan fingerprint density at radius 3 is 2.07 bits per heavy atom. The van der Waals surface area contributed by atoms with E-state index in [1.807, 2.05) is 0 Å². The largest absolute Gasteiger partial charge is 0.480 e. The van der Waals surface area contributed by atoms with Gasteiger partial charge in [-0.3, -0.25) is 14.5 Å². The highest BCUT2D eigenvalue weighted by Gasteiger charge is 2.46. The minimum absolute atomic E-state index is 0.0558. The molecule has 0 radical (unpaired) electrons. The number of carboxylic acid groups (broad SMARTS) is 1. The van der Waals surface area contributed by atoms with Gasteiger partial charge in [0, 0.05) is 12.8 Å². The third-order valence-corrected chi connectivity index (χ3v) is 2.59. The fourth-order valence-corrected chi connectivity index (χ4v) is 1.92. The van der Waals surface area contributed by atoms with Crippen molar-refractivity contribution in [1.82, 2.24) is 4.90 Å². The van der Waals surface area contributed by atoms with Gasteiger partial charge in [0.15, 0.2) is 6.04 Å². The molecule has 1 aliphatic rings. The fourth-order valence-electron chi connectivity index (χ4n) is 1.47. The second kappa shape index (κ2) is 4.05. The molecule has 0 saturated carbocycles. The average Bonchev–Trinajstić information content (AvgIpc) is 2.32. The van der Waals surface area contributed by atoms with E-state index in [0.29, 0.717) is 0 Å². The molecular formula is C8H11NO4S2. The molecule has 1 heterocycles. The number of amides is 2. The van der Waals surface area contributed by atoms with E-state index in [1.54, 1.807) is 0 Å². The van der Waals surface area contributed by atoms with E-state index >= 15 is 0 Å². The first-order valence-electron chi connectivity index (χ1n) is 4.27. The molecule has 0 aliphatic carbocycles. The number of carbonyl (C=O) groups is 3. The number of carboxylic acids is 1. The van der Waals surface area contributed by atoms with Crippen molar-refractivity contribution in [3.63, 3.8) is 0 Å². The lowest BCUT2D eigenvalue weighted by Gasteiger charge is -2.31. The number of hydrogen-bond donors (Lipinski definition) is 3. The minimum atomic E-state index is -1.34. The van der Waals surface area contributed by atoms with Gasteiger partial charge in [0.05, 0.1) is 4.08 Å². The predicted molar refractivity (Wildman–Crippen MR) is 58.9 cm³/mol. The molecule has 1 N–H and O–H groups in total. The zero-order valence-corrected chi connectivity index (χ0v) is 9.79. The van der Waals surface area contributed by atoms with Crippen LogP contribution in [0.2, 0.25) is 0 Å². The van der Waals surface area contributed by atoms with Crippen LogP contribution in [0.5, 0.6) is 0 Å². The van der Waals surface area contributed by atoms with E-state index in [1.165, 1.54) is 6.92 Å². The van der Waals surface area contributed by atoms with Crippen LogP contribution in [0.3, 0.4) is 0 Å². The van der Waals surface area contributed by atoms with Crippen LogP contribution in [-0.4, -0.2) is 37.9 Å². The van der Waals surface area contributed by atoms with Crippen molar-refractivity contribution < 1.29 is 19.5 Å². The van der Waals surface area contributed by atoms with Crippen LogP contribution in [0.15, 0.2) is 0 Å². The van der Waals surface area contributed by atoms with E-state index < -0.39 is 27.9 Å². The predicted octanol–water partition coefficient (Wildman–Crippen LogP) is 0.164. The number of nitrogens with zero attached hydrogens (tertiary/aromatic N) is 1. The number of hydrogen-bond acceptors (Lipinski definition) is 5. The van der Waals surface area contributed by atoms with E-state index in [4.69, 9.17) is 5.11 Å². The van der Waals surface area contributed by atoms with E-state index in [-0.39, 0.29) is 12.8 Å². The number of rotatable bonds is 3. The molecule has 1 fully saturated rings. The summed E-state index contributed by atoms with van der Waals surface area (Å²) in [6.07, 6.45) is 0.112. The lowest BCUT2D eigenvalue weighted by molar-refractivity contribution is -0.154. The summed E-state index contributed by atoms with van der Waals surface area (Å²) in [4.78, 5) is 34.4. The molecule has 7 heteroatoms. The van der Waals surface area contributed by atoms with E-state index in [9.17, 15) is 14.4 Å². The number of imide groups is 1. The SMILES string of the molecule is CC(S)(S)C(C(=O)O)N1C(=O)CCC1=O. The maximum atomic E-state index is 11.4. The molecule has 1 aliphatic heterocycles. The third-order valence-electron chi connectivity index (χ3n) is 2.10. The minimum Gasteiger partial charge on any atom is -0.480 e. The van der Waals surface area contributed by atoms with Crippen molar-refractivity contribution in [3.05, 3.63) is 0 Å². The molecule has 0 aromatic rings. The molecule has 5 nitrogen and oxygen atoms in total. The van der Waals surface area contributed by atoms with Gasteiger partial charge in [-0.15, -0.1) is 0 Å². The van der Waals surface area contributed by atoms with Gasteiger partial charge in [0.25, 0.3) is 0 Å². The van der Waals surface area contributed by atoms with Crippen LogP contribution in [0.25, 0.3) is 0 Å². The molecule has 1 saturated heterocycles. The highest BCUT2D eigenvalue weighted by atomic mass is 32.2. The summed E-state index contributed by atoms with van der Waals surface area (Å²) < 4.78 is -1.26. The molecule has 0 spiro atoms. The van der Waals surface area contributed by atoms with Gasteiger partial charge in [0.2, 0.25) is 11.8 Å². The number of thiol groups is 2. The van der Waals surface area contributed by atoms with E-state index in [0.717, 1.165) is 4.90 Å². The van der Waals surface area contributed by atoms with Gasteiger partial charge in [-0.05, 0) is 6.92 Å². The van der Waals surface area contributed by atoms with Crippen LogP contribution >= 0.6 is 25.3 Å². The number of likely N-dealkylation sites (tertiary alicyclic amines) is 1. The zero-order valence-electron chi connectivity index (χ0n) is 8.01. The maximum Gasteiger partial charge on any atom is 0.329 e. The Morgan fingerprint density at radius 1 is 1.40 bits per heavy atom. The normalized spacial score (nSPS) is 19.5. The second-order valence-corrected chi connectivity index (χ2v) is 5.70. The van der Waals surface area contributed by atoms with Gasteiger partial charge < -0.3 is 5.11 Å². The highest BCUT2D eigenvalue weighted by Crippen LogP contribution is 2.30. The van der Waals surface area contributed by atoms with Crippen LogP contribution in [0.1, 0.15) is 19.8 Å². The lowest BCUT2D eigenvalue weighted by Crippen LogP contribution is -2.52. The topological polar surface area (TPSA) is 74.7 Å². The molecule has 15 heavy (non-hydrogen) atoms. The average molecular weight is 249 g/mol. The van der Waals surface area contributed by atoms with Crippen molar-refractivity contribution in [3.8, 4) is 0 Å². The third kappa shape index (κ3) is 2.46. The molecule has 2 amide bonds. The van der Waals surface area contributed by atoms with Gasteiger partial charge >= 0.3 is 5.97 Å². The molecular weight excluding hydrogens is 238 g/mol. The number of aliphatic carboxylic acids is 1. The highest BCUT2D eigenvalue weighted by molar-refractivity contribution is 8.00. The monoisotopic (exact) mass is 249 g/mol. The first kappa shape index (κ1) is 12.4. The standard InChI is InChI=1S/C8H11NO4S2/c1-8(14,15)6(7(12)13)9-4(10)2-3-5(9)11/h6,14-15H,2-3H2,1H3,(H,12,13). The summed E-state index contributed by atoms with van der Waals surface area (Å²) >= 11 is 7.97. The van der Waals surface area contributed by atoms with Gasteiger partial charge in [-0.1, -0.05) is 0 Å². The van der Waals surface area contributed by atoms with Gasteiger partial charge in [-0.2, -0.15) is 25.3 Å². The van der Waals surface area contributed by atoms with Crippen LogP contribution in [0, 0.1) is 0 Å². The van der Waals surface area contributed by atoms with Crippen LogP contribution in [0.4, 0.5) is 0 Å². The van der Waals surface area contributed by atoms with Crippen molar-refractivity contribution >= 4 is 43.0 Å². The Hall–Kier alpha value is -0.690. The van der Waals surface area contributed by atoms with Crippen LogP contribution < -0.4 is 0 Å². The summed E-state index contributed by atoms with van der Waals surface area (Å²) in [6.45, 7) is 1.43. The number of carbonyl (C=O) groups excluding carboxylic acids is 2. The lowest BCUT2D eigenvalue weighted by atomic mass is 10.2. The molecule has 84 valence electrons. The molecule has 1 unspecified atom stereocenters. The molecule has 1 atom stereocenters. The quantitative estimate of drug-likeness (QED) is 0.378. The molecule has 0 aromatic heterocycles. The Bertz CT molecular complexity index is 307. The first-order valence-corrected chi connectivity index (χ1v) is 5.17. The molecule has 1 rings (SSSR count). The second-order valence-electron chi connectivity index (χ2n) is 3.49. The first-order chi connectivity index (χ1) is 6.75. The fraction of sp³-hybridized carbons (Fsp3) is 0.625. The summed E-state index contributed by atoms with van der Waals surface area (Å²) in [6, 6.07) is -1.34. The summed E-state index contributed by atoms with van der Waals surface area (Å²) in [7, 11) is 0. The summed E-state index contributed by atoms with van der Waals surface area (Å²) in [5.74, 6) is -2.26. The summed E-state index contributed by atoms with van der Waals surface area (Å²) in [5.41, 5.74) is 0. The smallest absolute Gasteiger partial charge is 0.329 e. The van der Waals surface area contributed by atoms with Crippen molar-refractivity contribution in [2.45, 2.75) is 29.9 Å². The Labute approximate surface area is 97.6 Å². The van der Waals surface area contributed by atoms with Gasteiger partial charge in [-0.25, -0.2) is 4.79 Å².